The highest BCUT2D eigenvalue weighted by molar-refractivity contribution is 5.44. The summed E-state index contributed by atoms with van der Waals surface area (Å²) in [7, 11) is 0. The van der Waals surface area contributed by atoms with Gasteiger partial charge in [0.05, 0.1) is 6.26 Å². The summed E-state index contributed by atoms with van der Waals surface area (Å²) < 4.78 is 5.30. The molecule has 2 aromatic heterocycles. The van der Waals surface area contributed by atoms with Crippen molar-refractivity contribution in [1.29, 1.82) is 0 Å². The highest BCUT2D eigenvalue weighted by Crippen LogP contribution is 2.12. The van der Waals surface area contributed by atoms with Crippen molar-refractivity contribution in [3.8, 4) is 0 Å². The Morgan fingerprint density at radius 2 is 2.28 bits per heavy atom. The summed E-state index contributed by atoms with van der Waals surface area (Å²) in [6.45, 7) is 3.94. The third-order valence-electron chi connectivity index (χ3n) is 2.66. The normalized spacial score (nSPS) is 12.3. The largest absolute Gasteiger partial charge is 0.469 e. The molecule has 0 saturated heterocycles. The molecule has 5 nitrogen and oxygen atoms in total. The first-order valence-corrected chi connectivity index (χ1v) is 6.03. The number of aryl methyl sites for hydroxylation is 2. The van der Waals surface area contributed by atoms with Gasteiger partial charge in [-0.15, -0.1) is 0 Å². The van der Waals surface area contributed by atoms with Crippen molar-refractivity contribution < 1.29 is 4.42 Å². The molecule has 2 heterocycles. The van der Waals surface area contributed by atoms with E-state index in [4.69, 9.17) is 10.2 Å². The van der Waals surface area contributed by atoms with Gasteiger partial charge >= 0.3 is 0 Å². The minimum Gasteiger partial charge on any atom is -0.469 e. The molecule has 18 heavy (non-hydrogen) atoms. The van der Waals surface area contributed by atoms with Crippen LogP contribution in [0.3, 0.4) is 0 Å². The predicted molar refractivity (Wildman–Crippen MR) is 71.3 cm³/mol. The minimum atomic E-state index is 0.295. The van der Waals surface area contributed by atoms with Crippen LogP contribution in [0.5, 0.6) is 0 Å². The van der Waals surface area contributed by atoms with Crippen LogP contribution >= 0.6 is 0 Å². The summed E-state index contributed by atoms with van der Waals surface area (Å²) in [6.07, 6.45) is 3.57. The number of nitrogens with two attached hydrogens (primary N) is 1. The van der Waals surface area contributed by atoms with Crippen LogP contribution in [0, 0.1) is 6.92 Å². The number of anilines is 2. The van der Waals surface area contributed by atoms with Gasteiger partial charge in [0.2, 0.25) is 0 Å². The Morgan fingerprint density at radius 3 is 2.94 bits per heavy atom. The first-order chi connectivity index (χ1) is 8.63. The maximum Gasteiger partial charge on any atom is 0.131 e. The molecule has 0 aromatic carbocycles. The van der Waals surface area contributed by atoms with Crippen LogP contribution in [-0.4, -0.2) is 16.0 Å². The fourth-order valence-electron chi connectivity index (χ4n) is 1.80. The van der Waals surface area contributed by atoms with Gasteiger partial charge in [0.25, 0.3) is 0 Å². The molecule has 0 saturated carbocycles. The molecular formula is C13H18N4O. The van der Waals surface area contributed by atoms with Crippen molar-refractivity contribution in [2.45, 2.75) is 32.7 Å². The van der Waals surface area contributed by atoms with Gasteiger partial charge in [-0.1, -0.05) is 0 Å². The molecule has 1 atom stereocenters. The summed E-state index contributed by atoms with van der Waals surface area (Å²) >= 11 is 0. The molecule has 0 aliphatic rings. The Bertz CT molecular complexity index is 475. The topological polar surface area (TPSA) is 77.0 Å². The standard InChI is InChI=1S/C13H18N4O/c1-9(5-6-11-4-3-7-18-11)15-13-8-12(14)16-10(2)17-13/h3-4,7-9H,5-6H2,1-2H3,(H3,14,15,16,17). The molecule has 0 radical (unpaired) electrons. The summed E-state index contributed by atoms with van der Waals surface area (Å²) in [5.41, 5.74) is 5.68. The second-order valence-corrected chi connectivity index (χ2v) is 4.39. The highest BCUT2D eigenvalue weighted by atomic mass is 16.3. The van der Waals surface area contributed by atoms with Gasteiger partial charge in [0.15, 0.2) is 0 Å². The lowest BCUT2D eigenvalue weighted by atomic mass is 10.1. The zero-order valence-corrected chi connectivity index (χ0v) is 10.7. The van der Waals surface area contributed by atoms with Gasteiger partial charge in [-0.3, -0.25) is 0 Å². The van der Waals surface area contributed by atoms with E-state index in [9.17, 15) is 0 Å². The van der Waals surface area contributed by atoms with Gasteiger partial charge in [-0.05, 0) is 32.4 Å². The van der Waals surface area contributed by atoms with Crippen LogP contribution in [0.2, 0.25) is 0 Å². The molecule has 1 unspecified atom stereocenters. The molecule has 96 valence electrons. The summed E-state index contributed by atoms with van der Waals surface area (Å²) in [5, 5.41) is 3.31. The zero-order chi connectivity index (χ0) is 13.0. The number of rotatable bonds is 5. The number of nitrogen functional groups attached to an aromatic ring is 1. The summed E-state index contributed by atoms with van der Waals surface area (Å²) in [5.74, 6) is 2.94. The van der Waals surface area contributed by atoms with E-state index in [1.807, 2.05) is 19.1 Å². The fraction of sp³-hybridized carbons (Fsp3) is 0.385. The number of aromatic nitrogens is 2. The number of hydrogen-bond acceptors (Lipinski definition) is 5. The van der Waals surface area contributed by atoms with E-state index in [1.165, 1.54) is 0 Å². The van der Waals surface area contributed by atoms with E-state index >= 15 is 0 Å². The van der Waals surface area contributed by atoms with E-state index < -0.39 is 0 Å². The molecule has 0 amide bonds. The molecule has 0 bridgehead atoms. The van der Waals surface area contributed by atoms with E-state index in [1.54, 1.807) is 12.3 Å². The van der Waals surface area contributed by atoms with Crippen molar-refractivity contribution in [1.82, 2.24) is 9.97 Å². The van der Waals surface area contributed by atoms with E-state index in [0.29, 0.717) is 17.7 Å². The number of nitrogens with zero attached hydrogens (tertiary/aromatic N) is 2. The lowest BCUT2D eigenvalue weighted by Gasteiger charge is -2.14. The summed E-state index contributed by atoms with van der Waals surface area (Å²) in [6, 6.07) is 5.93. The minimum absolute atomic E-state index is 0.295. The number of hydrogen-bond donors (Lipinski definition) is 2. The third kappa shape index (κ3) is 3.48. The Morgan fingerprint density at radius 1 is 1.44 bits per heavy atom. The van der Waals surface area contributed by atoms with E-state index in [-0.39, 0.29) is 0 Å². The second-order valence-electron chi connectivity index (χ2n) is 4.39. The Kier molecular flexibility index (Phi) is 3.82. The van der Waals surface area contributed by atoms with Crippen LogP contribution in [0.4, 0.5) is 11.6 Å². The SMILES string of the molecule is Cc1nc(N)cc(NC(C)CCc2ccco2)n1. The quantitative estimate of drug-likeness (QED) is 0.847. The molecule has 3 N–H and O–H groups in total. The molecule has 0 aliphatic heterocycles. The van der Waals surface area contributed by atoms with Crippen LogP contribution in [0.1, 0.15) is 24.9 Å². The summed E-state index contributed by atoms with van der Waals surface area (Å²) in [4.78, 5) is 8.33. The van der Waals surface area contributed by atoms with Gasteiger partial charge in [0.1, 0.15) is 23.2 Å². The molecule has 5 heteroatoms. The molecule has 2 aromatic rings. The fourth-order valence-corrected chi connectivity index (χ4v) is 1.80. The van der Waals surface area contributed by atoms with Crippen molar-refractivity contribution in [2.24, 2.45) is 0 Å². The first-order valence-electron chi connectivity index (χ1n) is 6.03. The van der Waals surface area contributed by atoms with Gasteiger partial charge < -0.3 is 15.5 Å². The lowest BCUT2D eigenvalue weighted by molar-refractivity contribution is 0.495. The Balaban J connectivity index is 1.88. The van der Waals surface area contributed by atoms with Gasteiger partial charge in [-0.25, -0.2) is 9.97 Å². The Hall–Kier alpha value is -2.04. The van der Waals surface area contributed by atoms with Crippen molar-refractivity contribution in [3.63, 3.8) is 0 Å². The van der Waals surface area contributed by atoms with Crippen LogP contribution in [-0.2, 0) is 6.42 Å². The third-order valence-corrected chi connectivity index (χ3v) is 2.66. The second kappa shape index (κ2) is 5.53. The van der Waals surface area contributed by atoms with Crippen LogP contribution in [0.25, 0.3) is 0 Å². The van der Waals surface area contributed by atoms with Crippen LogP contribution < -0.4 is 11.1 Å². The van der Waals surface area contributed by atoms with Gasteiger partial charge in [-0.2, -0.15) is 0 Å². The van der Waals surface area contributed by atoms with Crippen molar-refractivity contribution in [3.05, 3.63) is 36.0 Å². The average Bonchev–Trinajstić information content (AvgIpc) is 2.77. The van der Waals surface area contributed by atoms with E-state index in [2.05, 4.69) is 22.2 Å². The zero-order valence-electron chi connectivity index (χ0n) is 10.7. The molecule has 0 aliphatic carbocycles. The molecule has 0 spiro atoms. The lowest BCUT2D eigenvalue weighted by Crippen LogP contribution is -2.17. The predicted octanol–water partition coefficient (Wildman–Crippen LogP) is 2.39. The van der Waals surface area contributed by atoms with Crippen molar-refractivity contribution in [2.75, 3.05) is 11.1 Å². The first kappa shape index (κ1) is 12.4. The maximum absolute atomic E-state index is 5.68. The molecule has 2 rings (SSSR count). The maximum atomic E-state index is 5.68. The molecular weight excluding hydrogens is 228 g/mol. The van der Waals surface area contributed by atoms with E-state index in [0.717, 1.165) is 24.4 Å². The average molecular weight is 246 g/mol. The number of nitrogens with one attached hydrogen (secondary N) is 1. The molecule has 0 fully saturated rings. The highest BCUT2D eigenvalue weighted by Gasteiger charge is 2.06. The Labute approximate surface area is 106 Å². The van der Waals surface area contributed by atoms with Gasteiger partial charge in [0, 0.05) is 18.5 Å². The number of furan rings is 1. The monoisotopic (exact) mass is 246 g/mol. The van der Waals surface area contributed by atoms with Crippen LogP contribution in [0.15, 0.2) is 28.9 Å². The smallest absolute Gasteiger partial charge is 0.131 e. The van der Waals surface area contributed by atoms with Crippen molar-refractivity contribution >= 4 is 11.6 Å².